The molecular weight excluding hydrogens is 399 g/mol. The molecule has 2 aliphatic heterocycles. The predicted molar refractivity (Wildman–Crippen MR) is 115 cm³/mol. The zero-order valence-corrected chi connectivity index (χ0v) is 18.1. The summed E-state index contributed by atoms with van der Waals surface area (Å²) in [6.45, 7) is 9.06. The second kappa shape index (κ2) is 9.20. The number of hydrogen-bond acceptors (Lipinski definition) is 4. The molecule has 0 spiro atoms. The van der Waals surface area contributed by atoms with Gasteiger partial charge in [0.1, 0.15) is 5.82 Å². The van der Waals surface area contributed by atoms with Gasteiger partial charge in [-0.1, -0.05) is 12.1 Å². The fraction of sp³-hybridized carbons (Fsp3) is 0.478. The van der Waals surface area contributed by atoms with E-state index in [2.05, 4.69) is 4.90 Å². The summed E-state index contributed by atoms with van der Waals surface area (Å²) in [4.78, 5) is 31.4. The third-order valence-electron chi connectivity index (χ3n) is 6.14. The largest absolute Gasteiger partial charge is 0.378 e. The van der Waals surface area contributed by atoms with Crippen LogP contribution < -0.4 is 0 Å². The lowest BCUT2D eigenvalue weighted by atomic mass is 10.2. The van der Waals surface area contributed by atoms with Crippen LogP contribution in [-0.4, -0.2) is 90.1 Å². The van der Waals surface area contributed by atoms with Crippen molar-refractivity contribution < 1.29 is 18.7 Å². The molecule has 2 saturated heterocycles. The minimum atomic E-state index is -0.318. The number of piperazine rings is 1. The number of aryl methyl sites for hydroxylation is 1. The first-order valence-electron chi connectivity index (χ1n) is 10.8. The molecule has 0 radical (unpaired) electrons. The summed E-state index contributed by atoms with van der Waals surface area (Å²) in [6, 6.07) is 8.41. The molecule has 31 heavy (non-hydrogen) atoms. The molecule has 0 N–H and O–H groups in total. The molecule has 166 valence electrons. The molecule has 2 fully saturated rings. The van der Waals surface area contributed by atoms with Crippen LogP contribution in [0.15, 0.2) is 30.3 Å². The van der Waals surface area contributed by atoms with E-state index >= 15 is 0 Å². The predicted octanol–water partition coefficient (Wildman–Crippen LogP) is 1.85. The molecule has 2 amide bonds. The van der Waals surface area contributed by atoms with Gasteiger partial charge in [-0.15, -0.1) is 0 Å². The van der Waals surface area contributed by atoms with Gasteiger partial charge in [0.15, 0.2) is 0 Å². The highest BCUT2D eigenvalue weighted by Gasteiger charge is 2.27. The first kappa shape index (κ1) is 21.5. The number of para-hydroxylation sites is 1. The van der Waals surface area contributed by atoms with Crippen LogP contribution in [0.3, 0.4) is 0 Å². The van der Waals surface area contributed by atoms with Crippen LogP contribution in [0.4, 0.5) is 4.39 Å². The van der Waals surface area contributed by atoms with Gasteiger partial charge in [-0.3, -0.25) is 14.5 Å². The van der Waals surface area contributed by atoms with Crippen molar-refractivity contribution in [1.82, 2.24) is 19.3 Å². The fourth-order valence-corrected chi connectivity index (χ4v) is 4.37. The molecule has 0 bridgehead atoms. The second-order valence-corrected chi connectivity index (χ2v) is 8.13. The third kappa shape index (κ3) is 4.50. The summed E-state index contributed by atoms with van der Waals surface area (Å²) in [5.74, 6) is -0.242. The minimum Gasteiger partial charge on any atom is -0.378 e. The molecule has 2 aromatic rings. The van der Waals surface area contributed by atoms with Crippen molar-refractivity contribution in [3.05, 3.63) is 53.1 Å². The molecule has 0 unspecified atom stereocenters. The Kier molecular flexibility index (Phi) is 6.38. The molecule has 0 atom stereocenters. The van der Waals surface area contributed by atoms with E-state index in [1.54, 1.807) is 22.8 Å². The van der Waals surface area contributed by atoms with Gasteiger partial charge in [-0.05, 0) is 32.0 Å². The van der Waals surface area contributed by atoms with Crippen LogP contribution in [0.2, 0.25) is 0 Å². The number of carbonyl (C=O) groups is 2. The molecule has 8 heteroatoms. The average molecular weight is 429 g/mol. The Morgan fingerprint density at radius 2 is 1.65 bits per heavy atom. The van der Waals surface area contributed by atoms with Crippen molar-refractivity contribution in [3.63, 3.8) is 0 Å². The number of amides is 2. The van der Waals surface area contributed by atoms with Gasteiger partial charge < -0.3 is 19.1 Å². The topological polar surface area (TPSA) is 58.0 Å². The zero-order valence-electron chi connectivity index (χ0n) is 18.1. The smallest absolute Gasteiger partial charge is 0.255 e. The van der Waals surface area contributed by atoms with E-state index in [1.165, 1.54) is 6.07 Å². The fourth-order valence-electron chi connectivity index (χ4n) is 4.37. The van der Waals surface area contributed by atoms with Crippen LogP contribution in [0.25, 0.3) is 5.69 Å². The van der Waals surface area contributed by atoms with Crippen molar-refractivity contribution in [3.8, 4) is 5.69 Å². The normalized spacial score (nSPS) is 17.8. The summed E-state index contributed by atoms with van der Waals surface area (Å²) in [6.07, 6.45) is 0. The maximum atomic E-state index is 14.3. The van der Waals surface area contributed by atoms with Gasteiger partial charge in [-0.25, -0.2) is 4.39 Å². The Morgan fingerprint density at radius 1 is 0.968 bits per heavy atom. The maximum Gasteiger partial charge on any atom is 0.255 e. The van der Waals surface area contributed by atoms with E-state index in [-0.39, 0.29) is 17.6 Å². The molecule has 3 heterocycles. The van der Waals surface area contributed by atoms with E-state index in [9.17, 15) is 14.0 Å². The summed E-state index contributed by atoms with van der Waals surface area (Å²) in [5.41, 5.74) is 2.60. The lowest BCUT2D eigenvalue weighted by Gasteiger charge is -2.36. The SMILES string of the molecule is Cc1cc(C(=O)N2CCN(CC(=O)N3CCOCC3)CC2)c(C)n1-c1ccccc1F. The summed E-state index contributed by atoms with van der Waals surface area (Å²) < 4.78 is 21.4. The van der Waals surface area contributed by atoms with Crippen LogP contribution in [0, 0.1) is 19.7 Å². The van der Waals surface area contributed by atoms with E-state index < -0.39 is 0 Å². The molecular formula is C23H29FN4O3. The molecule has 7 nitrogen and oxygen atoms in total. The Balaban J connectivity index is 1.40. The summed E-state index contributed by atoms with van der Waals surface area (Å²) in [5, 5.41) is 0. The van der Waals surface area contributed by atoms with Crippen LogP contribution in [-0.2, 0) is 9.53 Å². The minimum absolute atomic E-state index is 0.0464. The van der Waals surface area contributed by atoms with Crippen molar-refractivity contribution in [1.29, 1.82) is 0 Å². The lowest BCUT2D eigenvalue weighted by Crippen LogP contribution is -2.52. The van der Waals surface area contributed by atoms with Crippen LogP contribution >= 0.6 is 0 Å². The number of hydrogen-bond donors (Lipinski definition) is 0. The number of carbonyl (C=O) groups excluding carboxylic acids is 2. The first-order chi connectivity index (χ1) is 15.0. The highest BCUT2D eigenvalue weighted by atomic mass is 19.1. The lowest BCUT2D eigenvalue weighted by molar-refractivity contribution is -0.136. The highest BCUT2D eigenvalue weighted by molar-refractivity contribution is 5.96. The monoisotopic (exact) mass is 428 g/mol. The number of morpholine rings is 1. The molecule has 0 aliphatic carbocycles. The quantitative estimate of drug-likeness (QED) is 0.746. The Hall–Kier alpha value is -2.71. The summed E-state index contributed by atoms with van der Waals surface area (Å²) >= 11 is 0. The van der Waals surface area contributed by atoms with Gasteiger partial charge in [0, 0.05) is 50.7 Å². The number of nitrogens with zero attached hydrogens (tertiary/aromatic N) is 4. The molecule has 1 aromatic carbocycles. The molecule has 2 aliphatic rings. The Labute approximate surface area is 182 Å². The van der Waals surface area contributed by atoms with Crippen molar-refractivity contribution in [2.75, 3.05) is 59.0 Å². The van der Waals surface area contributed by atoms with E-state index in [1.807, 2.05) is 29.7 Å². The number of halogens is 1. The highest BCUT2D eigenvalue weighted by Crippen LogP contribution is 2.24. The maximum absolute atomic E-state index is 14.3. The van der Waals surface area contributed by atoms with Gasteiger partial charge >= 0.3 is 0 Å². The van der Waals surface area contributed by atoms with Crippen molar-refractivity contribution >= 4 is 11.8 Å². The van der Waals surface area contributed by atoms with Crippen molar-refractivity contribution in [2.45, 2.75) is 13.8 Å². The van der Waals surface area contributed by atoms with Crippen LogP contribution in [0.1, 0.15) is 21.7 Å². The van der Waals surface area contributed by atoms with Gasteiger partial charge in [-0.2, -0.15) is 0 Å². The van der Waals surface area contributed by atoms with E-state index in [0.717, 1.165) is 11.4 Å². The van der Waals surface area contributed by atoms with Gasteiger partial charge in [0.25, 0.3) is 5.91 Å². The van der Waals surface area contributed by atoms with Gasteiger partial charge in [0.05, 0.1) is 31.0 Å². The first-order valence-corrected chi connectivity index (χ1v) is 10.8. The second-order valence-electron chi connectivity index (χ2n) is 8.13. The average Bonchev–Trinajstić information content (AvgIpc) is 3.08. The third-order valence-corrected chi connectivity index (χ3v) is 6.14. The molecule has 0 saturated carbocycles. The van der Waals surface area contributed by atoms with Gasteiger partial charge in [0.2, 0.25) is 5.91 Å². The molecule has 1 aromatic heterocycles. The molecule has 4 rings (SSSR count). The standard InChI is InChI=1S/C23H29FN4O3/c1-17-15-19(18(2)28(17)21-6-4-3-5-20(21)24)23(30)27-9-7-25(8-10-27)16-22(29)26-11-13-31-14-12-26/h3-6,15H,7-14,16H2,1-2H3. The van der Waals surface area contributed by atoms with Crippen molar-refractivity contribution in [2.24, 2.45) is 0 Å². The number of rotatable bonds is 4. The van der Waals surface area contributed by atoms with E-state index in [0.29, 0.717) is 70.3 Å². The van der Waals surface area contributed by atoms with Crippen LogP contribution in [0.5, 0.6) is 0 Å². The summed E-state index contributed by atoms with van der Waals surface area (Å²) in [7, 11) is 0. The van der Waals surface area contributed by atoms with E-state index in [4.69, 9.17) is 4.74 Å². The Morgan fingerprint density at radius 3 is 2.32 bits per heavy atom. The Bertz CT molecular complexity index is 960. The number of ether oxygens (including phenoxy) is 1. The number of benzene rings is 1. The zero-order chi connectivity index (χ0) is 22.0. The number of aromatic nitrogens is 1.